The van der Waals surface area contributed by atoms with E-state index in [0.717, 1.165) is 62.9 Å². The van der Waals surface area contributed by atoms with Gasteiger partial charge in [0.2, 0.25) is 0 Å². The van der Waals surface area contributed by atoms with Crippen LogP contribution in [0.2, 0.25) is 0 Å². The second kappa shape index (κ2) is 10.2. The number of anilines is 1. The minimum Gasteiger partial charge on any atom is -0.368 e. The van der Waals surface area contributed by atoms with Gasteiger partial charge in [0.15, 0.2) is 0 Å². The maximum Gasteiger partial charge on any atom is 0.269 e. The quantitative estimate of drug-likeness (QED) is 0.585. The highest BCUT2D eigenvalue weighted by atomic mass is 16.1. The third-order valence-corrected chi connectivity index (χ3v) is 5.65. The molecule has 0 unspecified atom stereocenters. The summed E-state index contributed by atoms with van der Waals surface area (Å²) < 4.78 is 0. The molecule has 1 aliphatic heterocycles. The molecule has 3 heterocycles. The second-order valence-corrected chi connectivity index (χ2v) is 7.75. The van der Waals surface area contributed by atoms with Crippen LogP contribution in [-0.4, -0.2) is 60.0 Å². The Morgan fingerprint density at radius 1 is 0.933 bits per heavy atom. The Kier molecular flexibility index (Phi) is 6.87. The average Bonchev–Trinajstić information content (AvgIpc) is 2.82. The number of carbonyl (C=O) groups is 1. The van der Waals surface area contributed by atoms with Gasteiger partial charge in [-0.05, 0) is 43.7 Å². The summed E-state index contributed by atoms with van der Waals surface area (Å²) in [6, 6.07) is 15.7. The van der Waals surface area contributed by atoms with Gasteiger partial charge in [0, 0.05) is 44.3 Å². The molecule has 3 aromatic rings. The number of unbranched alkanes of at least 4 members (excludes halogenated alkanes) is 2. The largest absolute Gasteiger partial charge is 0.368 e. The van der Waals surface area contributed by atoms with Crippen LogP contribution >= 0.6 is 0 Å². The third kappa shape index (κ3) is 5.33. The molecule has 1 saturated heterocycles. The lowest BCUT2D eigenvalue weighted by atomic mass is 10.2. The number of fused-ring (bicyclic) bond motifs is 1. The Balaban J connectivity index is 1.10. The monoisotopic (exact) mass is 403 g/mol. The van der Waals surface area contributed by atoms with Crippen molar-refractivity contribution in [3.63, 3.8) is 0 Å². The smallest absolute Gasteiger partial charge is 0.269 e. The number of nitrogens with zero attached hydrogens (tertiary/aromatic N) is 4. The highest BCUT2D eigenvalue weighted by Gasteiger charge is 2.16. The molecular weight excluding hydrogens is 374 g/mol. The summed E-state index contributed by atoms with van der Waals surface area (Å²) in [4.78, 5) is 25.9. The molecule has 0 bridgehead atoms. The number of hydrogen-bond acceptors (Lipinski definition) is 5. The molecule has 156 valence electrons. The minimum absolute atomic E-state index is 0.0905. The summed E-state index contributed by atoms with van der Waals surface area (Å²) in [6.45, 7) is 6.13. The number of pyridine rings is 2. The predicted octanol–water partition coefficient (Wildman–Crippen LogP) is 3.35. The molecule has 0 radical (unpaired) electrons. The highest BCUT2D eigenvalue weighted by Crippen LogP contribution is 2.15. The molecule has 0 spiro atoms. The van der Waals surface area contributed by atoms with E-state index in [1.807, 2.05) is 48.8 Å². The lowest BCUT2D eigenvalue weighted by Gasteiger charge is -2.35. The van der Waals surface area contributed by atoms with Crippen molar-refractivity contribution < 1.29 is 4.79 Å². The van der Waals surface area contributed by atoms with E-state index in [0.29, 0.717) is 12.2 Å². The molecule has 0 aliphatic carbocycles. The number of para-hydroxylation sites is 1. The first kappa shape index (κ1) is 20.3. The van der Waals surface area contributed by atoms with Gasteiger partial charge in [-0.15, -0.1) is 0 Å². The summed E-state index contributed by atoms with van der Waals surface area (Å²) in [5, 5.41) is 4.05. The van der Waals surface area contributed by atoms with E-state index in [4.69, 9.17) is 0 Å². The summed E-state index contributed by atoms with van der Waals surface area (Å²) in [6.07, 6.45) is 7.04. The van der Waals surface area contributed by atoms with Crippen molar-refractivity contribution in [1.82, 2.24) is 20.2 Å². The fourth-order valence-corrected chi connectivity index (χ4v) is 3.89. The predicted molar refractivity (Wildman–Crippen MR) is 121 cm³/mol. The van der Waals surface area contributed by atoms with Gasteiger partial charge in [-0.2, -0.15) is 0 Å². The molecule has 1 amide bonds. The van der Waals surface area contributed by atoms with Crippen molar-refractivity contribution in [2.75, 3.05) is 44.2 Å². The molecule has 1 aliphatic rings. The van der Waals surface area contributed by atoms with Crippen molar-refractivity contribution >= 4 is 22.5 Å². The fraction of sp³-hybridized carbons (Fsp3) is 0.375. The molecule has 1 N–H and O–H groups in total. The number of amides is 1. The number of nitrogens with one attached hydrogen (secondary N) is 1. The molecule has 1 aromatic carbocycles. The standard InChI is InChI=1S/C24H29N5O/c30-24(23-11-10-20-7-2-3-9-22(20)27-23)26-13-4-1-5-14-28-15-17-29(18-16-28)21-8-6-12-25-19-21/h2-3,6-12,19H,1,4-5,13-18H2,(H,26,30). The Bertz CT molecular complexity index is 954. The van der Waals surface area contributed by atoms with Crippen molar-refractivity contribution in [3.05, 3.63) is 66.6 Å². The van der Waals surface area contributed by atoms with Gasteiger partial charge >= 0.3 is 0 Å². The van der Waals surface area contributed by atoms with Gasteiger partial charge in [0.25, 0.3) is 5.91 Å². The van der Waals surface area contributed by atoms with Crippen molar-refractivity contribution in [1.29, 1.82) is 0 Å². The van der Waals surface area contributed by atoms with Crippen LogP contribution in [0, 0.1) is 0 Å². The van der Waals surface area contributed by atoms with Gasteiger partial charge in [-0.3, -0.25) is 14.7 Å². The van der Waals surface area contributed by atoms with Crippen molar-refractivity contribution in [3.8, 4) is 0 Å². The van der Waals surface area contributed by atoms with Crippen LogP contribution in [0.15, 0.2) is 60.9 Å². The summed E-state index contributed by atoms with van der Waals surface area (Å²) in [7, 11) is 0. The van der Waals surface area contributed by atoms with Gasteiger partial charge in [-0.25, -0.2) is 4.98 Å². The first-order valence-electron chi connectivity index (χ1n) is 10.8. The Hall–Kier alpha value is -2.99. The van der Waals surface area contributed by atoms with Gasteiger partial charge < -0.3 is 10.2 Å². The molecule has 6 nitrogen and oxygen atoms in total. The number of hydrogen-bond donors (Lipinski definition) is 1. The first-order valence-corrected chi connectivity index (χ1v) is 10.8. The normalized spacial score (nSPS) is 14.7. The highest BCUT2D eigenvalue weighted by molar-refractivity contribution is 5.94. The summed E-state index contributed by atoms with van der Waals surface area (Å²) >= 11 is 0. The summed E-state index contributed by atoms with van der Waals surface area (Å²) in [5.74, 6) is -0.0905. The number of rotatable bonds is 8. The molecule has 1 fully saturated rings. The lowest BCUT2D eigenvalue weighted by molar-refractivity contribution is 0.0948. The van der Waals surface area contributed by atoms with E-state index < -0.39 is 0 Å². The van der Waals surface area contributed by atoms with Crippen LogP contribution in [0.5, 0.6) is 0 Å². The van der Waals surface area contributed by atoms with Crippen LogP contribution in [-0.2, 0) is 0 Å². The first-order chi connectivity index (χ1) is 14.8. The van der Waals surface area contributed by atoms with E-state index in [9.17, 15) is 4.79 Å². The van der Waals surface area contributed by atoms with Gasteiger partial charge in [0.05, 0.1) is 17.4 Å². The number of piperazine rings is 1. The SMILES string of the molecule is O=C(NCCCCCN1CCN(c2cccnc2)CC1)c1ccc2ccccc2n1. The number of aromatic nitrogens is 2. The second-order valence-electron chi connectivity index (χ2n) is 7.75. The van der Waals surface area contributed by atoms with Crippen molar-refractivity contribution in [2.24, 2.45) is 0 Å². The average molecular weight is 404 g/mol. The van der Waals surface area contributed by atoms with E-state index in [2.05, 4.69) is 31.2 Å². The van der Waals surface area contributed by atoms with E-state index >= 15 is 0 Å². The van der Waals surface area contributed by atoms with E-state index in [1.54, 1.807) is 6.07 Å². The lowest BCUT2D eigenvalue weighted by Crippen LogP contribution is -2.46. The maximum absolute atomic E-state index is 12.3. The number of carbonyl (C=O) groups excluding carboxylic acids is 1. The topological polar surface area (TPSA) is 61.4 Å². The minimum atomic E-state index is -0.0905. The van der Waals surface area contributed by atoms with Crippen LogP contribution in [0.1, 0.15) is 29.8 Å². The Labute approximate surface area is 177 Å². The fourth-order valence-electron chi connectivity index (χ4n) is 3.89. The molecule has 30 heavy (non-hydrogen) atoms. The Morgan fingerprint density at radius 3 is 2.63 bits per heavy atom. The molecule has 2 aromatic heterocycles. The Morgan fingerprint density at radius 2 is 1.80 bits per heavy atom. The van der Waals surface area contributed by atoms with Crippen LogP contribution in [0.25, 0.3) is 10.9 Å². The zero-order chi connectivity index (χ0) is 20.6. The summed E-state index contributed by atoms with van der Waals surface area (Å²) in [5.41, 5.74) is 2.56. The van der Waals surface area contributed by atoms with E-state index in [-0.39, 0.29) is 5.91 Å². The van der Waals surface area contributed by atoms with Gasteiger partial charge in [-0.1, -0.05) is 30.7 Å². The molecule has 4 rings (SSSR count). The zero-order valence-electron chi connectivity index (χ0n) is 17.3. The van der Waals surface area contributed by atoms with Crippen molar-refractivity contribution in [2.45, 2.75) is 19.3 Å². The van der Waals surface area contributed by atoms with Crippen LogP contribution in [0.3, 0.4) is 0 Å². The van der Waals surface area contributed by atoms with Gasteiger partial charge in [0.1, 0.15) is 5.69 Å². The molecule has 0 saturated carbocycles. The number of benzene rings is 1. The zero-order valence-corrected chi connectivity index (χ0v) is 17.3. The third-order valence-electron chi connectivity index (χ3n) is 5.65. The van der Waals surface area contributed by atoms with E-state index in [1.165, 1.54) is 5.69 Å². The van der Waals surface area contributed by atoms with Crippen LogP contribution < -0.4 is 10.2 Å². The van der Waals surface area contributed by atoms with Crippen LogP contribution in [0.4, 0.5) is 5.69 Å². The molecular formula is C24H29N5O. The molecule has 6 heteroatoms. The maximum atomic E-state index is 12.3. The molecule has 0 atom stereocenters.